The summed E-state index contributed by atoms with van der Waals surface area (Å²) >= 11 is 0. The van der Waals surface area contributed by atoms with Crippen LogP contribution in [-0.4, -0.2) is 6.29 Å². The van der Waals surface area contributed by atoms with Crippen LogP contribution in [0.2, 0.25) is 0 Å². The summed E-state index contributed by atoms with van der Waals surface area (Å²) in [6.07, 6.45) is 17.9. The normalized spacial score (nSPS) is 20.2. The molecule has 0 N–H and O–H groups in total. The minimum Gasteiger partial charge on any atom is -0.299 e. The first kappa shape index (κ1) is 18.4. The highest BCUT2D eigenvalue weighted by molar-refractivity contribution is 5.66. The van der Waals surface area contributed by atoms with Crippen molar-refractivity contribution in [3.63, 3.8) is 0 Å². The van der Waals surface area contributed by atoms with Gasteiger partial charge < -0.3 is 0 Å². The maximum absolute atomic E-state index is 10.3. The predicted octanol–water partition coefficient (Wildman–Crippen LogP) is 6.11. The second kappa shape index (κ2) is 8.73. The van der Waals surface area contributed by atoms with Crippen LogP contribution in [-0.2, 0) is 4.79 Å². The van der Waals surface area contributed by atoms with Gasteiger partial charge in [-0.1, -0.05) is 55.4 Å². The van der Waals surface area contributed by atoms with E-state index in [1.807, 2.05) is 19.1 Å². The molecule has 22 heavy (non-hydrogen) atoms. The molecule has 0 aromatic heterocycles. The van der Waals surface area contributed by atoms with Crippen LogP contribution >= 0.6 is 0 Å². The Morgan fingerprint density at radius 3 is 2.59 bits per heavy atom. The average Bonchev–Trinajstić information content (AvgIpc) is 2.42. The molecule has 1 aliphatic rings. The fraction of sp³-hybridized carbons (Fsp3) is 0.476. The molecule has 1 aliphatic carbocycles. The van der Waals surface area contributed by atoms with Gasteiger partial charge >= 0.3 is 0 Å². The van der Waals surface area contributed by atoms with Crippen molar-refractivity contribution in [2.75, 3.05) is 0 Å². The van der Waals surface area contributed by atoms with Crippen molar-refractivity contribution < 1.29 is 4.79 Å². The average molecular weight is 298 g/mol. The van der Waals surface area contributed by atoms with Crippen LogP contribution in [0.25, 0.3) is 0 Å². The van der Waals surface area contributed by atoms with E-state index in [0.717, 1.165) is 18.3 Å². The molecule has 0 aromatic rings. The van der Waals surface area contributed by atoms with Crippen molar-refractivity contribution in [1.82, 2.24) is 0 Å². The lowest BCUT2D eigenvalue weighted by Gasteiger charge is -2.32. The van der Waals surface area contributed by atoms with Gasteiger partial charge in [-0.3, -0.25) is 4.79 Å². The van der Waals surface area contributed by atoms with Crippen molar-refractivity contribution >= 4 is 6.29 Å². The SMILES string of the molecule is CC1=C(/C=C/C/C(C)=C/C=C/C(C)=C/C=O)C(C)(C)CCC1. The van der Waals surface area contributed by atoms with Crippen molar-refractivity contribution in [1.29, 1.82) is 0 Å². The van der Waals surface area contributed by atoms with Gasteiger partial charge in [0, 0.05) is 0 Å². The van der Waals surface area contributed by atoms with Crippen molar-refractivity contribution in [3.05, 3.63) is 58.7 Å². The molecule has 1 heteroatoms. The summed E-state index contributed by atoms with van der Waals surface area (Å²) in [6, 6.07) is 0. The van der Waals surface area contributed by atoms with Crippen molar-refractivity contribution in [3.8, 4) is 0 Å². The summed E-state index contributed by atoms with van der Waals surface area (Å²) in [4.78, 5) is 10.3. The molecular weight excluding hydrogens is 268 g/mol. The molecule has 0 atom stereocenters. The lowest BCUT2D eigenvalue weighted by Crippen LogP contribution is -2.18. The topological polar surface area (TPSA) is 17.1 Å². The summed E-state index contributed by atoms with van der Waals surface area (Å²) in [5.41, 5.74) is 5.67. The predicted molar refractivity (Wildman–Crippen MR) is 96.8 cm³/mol. The molecule has 120 valence electrons. The fourth-order valence-corrected chi connectivity index (χ4v) is 2.97. The van der Waals surface area contributed by atoms with E-state index >= 15 is 0 Å². The Morgan fingerprint density at radius 1 is 1.23 bits per heavy atom. The molecule has 0 saturated carbocycles. The van der Waals surface area contributed by atoms with Crippen LogP contribution < -0.4 is 0 Å². The van der Waals surface area contributed by atoms with Gasteiger partial charge in [0.05, 0.1) is 0 Å². The third-order valence-electron chi connectivity index (χ3n) is 4.34. The Hall–Kier alpha value is -1.63. The first-order valence-corrected chi connectivity index (χ1v) is 8.19. The molecule has 0 spiro atoms. The number of hydrogen-bond donors (Lipinski definition) is 0. The highest BCUT2D eigenvalue weighted by Gasteiger charge is 2.26. The van der Waals surface area contributed by atoms with Gasteiger partial charge in [0.15, 0.2) is 0 Å². The van der Waals surface area contributed by atoms with Crippen LogP contribution in [0, 0.1) is 5.41 Å². The molecule has 0 radical (unpaired) electrons. The van der Waals surface area contributed by atoms with Gasteiger partial charge in [-0.05, 0) is 69.1 Å². The van der Waals surface area contributed by atoms with Gasteiger partial charge in [-0.15, -0.1) is 0 Å². The number of carbonyl (C=O) groups is 1. The number of rotatable bonds is 6. The molecule has 0 heterocycles. The van der Waals surface area contributed by atoms with Crippen LogP contribution in [0.3, 0.4) is 0 Å². The van der Waals surface area contributed by atoms with E-state index in [9.17, 15) is 4.79 Å². The van der Waals surface area contributed by atoms with E-state index in [4.69, 9.17) is 0 Å². The largest absolute Gasteiger partial charge is 0.299 e. The number of carbonyl (C=O) groups excluding carboxylic acids is 1. The first-order chi connectivity index (χ1) is 10.4. The molecule has 1 nitrogen and oxygen atoms in total. The zero-order valence-corrected chi connectivity index (χ0v) is 14.8. The zero-order valence-electron chi connectivity index (χ0n) is 14.8. The maximum Gasteiger partial charge on any atom is 0.143 e. The number of allylic oxidation sites excluding steroid dienone is 10. The smallest absolute Gasteiger partial charge is 0.143 e. The van der Waals surface area contributed by atoms with E-state index in [0.29, 0.717) is 5.41 Å². The van der Waals surface area contributed by atoms with E-state index in [1.165, 1.54) is 30.4 Å². The summed E-state index contributed by atoms with van der Waals surface area (Å²) in [5.74, 6) is 0. The Bertz CT molecular complexity index is 536. The Balaban J connectivity index is 2.65. The van der Waals surface area contributed by atoms with Crippen LogP contribution in [0.4, 0.5) is 0 Å². The Morgan fingerprint density at radius 2 is 1.95 bits per heavy atom. The lowest BCUT2D eigenvalue weighted by atomic mass is 9.72. The molecule has 0 saturated heterocycles. The van der Waals surface area contributed by atoms with Crippen LogP contribution in [0.15, 0.2) is 58.7 Å². The van der Waals surface area contributed by atoms with Crippen LogP contribution in [0.1, 0.15) is 60.3 Å². The minimum absolute atomic E-state index is 0.313. The minimum atomic E-state index is 0.313. The summed E-state index contributed by atoms with van der Waals surface area (Å²) in [5, 5.41) is 0. The number of hydrogen-bond acceptors (Lipinski definition) is 1. The molecule has 0 amide bonds. The van der Waals surface area contributed by atoms with E-state index < -0.39 is 0 Å². The molecule has 0 aliphatic heterocycles. The van der Waals surface area contributed by atoms with E-state index in [1.54, 1.807) is 11.6 Å². The van der Waals surface area contributed by atoms with Gasteiger partial charge in [0.1, 0.15) is 6.29 Å². The van der Waals surface area contributed by atoms with Gasteiger partial charge in [-0.2, -0.15) is 0 Å². The summed E-state index contributed by atoms with van der Waals surface area (Å²) < 4.78 is 0. The Kier molecular flexibility index (Phi) is 7.31. The van der Waals surface area contributed by atoms with Crippen LogP contribution in [0.5, 0.6) is 0 Å². The third-order valence-corrected chi connectivity index (χ3v) is 4.34. The molecule has 0 bridgehead atoms. The Labute approximate surface area is 136 Å². The highest BCUT2D eigenvalue weighted by atomic mass is 16.1. The highest BCUT2D eigenvalue weighted by Crippen LogP contribution is 2.40. The van der Waals surface area contributed by atoms with Gasteiger partial charge in [0.2, 0.25) is 0 Å². The lowest BCUT2D eigenvalue weighted by molar-refractivity contribution is -0.104. The summed E-state index contributed by atoms with van der Waals surface area (Å²) in [7, 11) is 0. The van der Waals surface area contributed by atoms with Crippen molar-refractivity contribution in [2.24, 2.45) is 5.41 Å². The molecule has 1 rings (SSSR count). The van der Waals surface area contributed by atoms with Gasteiger partial charge in [-0.25, -0.2) is 0 Å². The van der Waals surface area contributed by atoms with E-state index in [-0.39, 0.29) is 0 Å². The van der Waals surface area contributed by atoms with E-state index in [2.05, 4.69) is 45.9 Å². The van der Waals surface area contributed by atoms with Crippen molar-refractivity contribution in [2.45, 2.75) is 60.3 Å². The van der Waals surface area contributed by atoms with Gasteiger partial charge in [0.25, 0.3) is 0 Å². The fourth-order valence-electron chi connectivity index (χ4n) is 2.97. The molecule has 0 unspecified atom stereocenters. The second-order valence-corrected chi connectivity index (χ2v) is 6.96. The third kappa shape index (κ3) is 6.01. The molecular formula is C21H30O. The second-order valence-electron chi connectivity index (χ2n) is 6.96. The standard InChI is InChI=1S/C21H30O/c1-17(9-6-10-18(2)14-16-22)11-7-13-20-19(3)12-8-15-21(20,4)5/h6-7,9-10,13-14,16H,8,11-12,15H2,1-5H3/b10-6+,13-7+,17-9+,18-14+. The number of aldehydes is 1. The maximum atomic E-state index is 10.3. The zero-order chi connectivity index (χ0) is 16.6. The first-order valence-electron chi connectivity index (χ1n) is 8.19. The molecule has 0 fully saturated rings. The summed E-state index contributed by atoms with van der Waals surface area (Å²) in [6.45, 7) is 11.0. The quantitative estimate of drug-likeness (QED) is 0.328. The monoisotopic (exact) mass is 298 g/mol. The molecule has 0 aromatic carbocycles.